The van der Waals surface area contributed by atoms with Gasteiger partial charge in [0.05, 0.1) is 12.2 Å². The molecule has 4 aromatic rings. The average molecular weight is 399 g/mol. The number of hydrogen-bond donors (Lipinski definition) is 0. The number of esters is 1. The first kappa shape index (κ1) is 19.5. The van der Waals surface area contributed by atoms with E-state index < -0.39 is 5.97 Å². The lowest BCUT2D eigenvalue weighted by molar-refractivity contribution is 0.0736. The molecule has 0 aliphatic heterocycles. The zero-order chi connectivity index (χ0) is 21.1. The van der Waals surface area contributed by atoms with Gasteiger partial charge in [0, 0.05) is 22.7 Å². The fourth-order valence-corrected chi connectivity index (χ4v) is 3.28. The maximum Gasteiger partial charge on any atom is 0.345 e. The average Bonchev–Trinajstić information content (AvgIpc) is 2.76. The van der Waals surface area contributed by atoms with Gasteiger partial charge in [-0.2, -0.15) is 0 Å². The molecule has 0 saturated carbocycles. The number of carbonyl (C=O) groups excluding carboxylic acids is 1. The molecular weight excluding hydrogens is 378 g/mol. The van der Waals surface area contributed by atoms with Crippen molar-refractivity contribution in [1.82, 2.24) is 4.57 Å². The minimum absolute atomic E-state index is 0.188. The first-order valence-corrected chi connectivity index (χ1v) is 9.73. The Balaban J connectivity index is 1.77. The van der Waals surface area contributed by atoms with E-state index in [0.717, 1.165) is 5.56 Å². The molecule has 1 aromatic heterocycles. The van der Waals surface area contributed by atoms with E-state index >= 15 is 0 Å². The Kier molecular flexibility index (Phi) is 5.35. The Labute approximate surface area is 174 Å². The van der Waals surface area contributed by atoms with Crippen molar-refractivity contribution in [3.05, 3.63) is 100 Å². The molecule has 3 aromatic carbocycles. The number of pyridine rings is 1. The number of fused-ring (bicyclic) bond motifs is 1. The third-order valence-corrected chi connectivity index (χ3v) is 4.80. The van der Waals surface area contributed by atoms with E-state index in [9.17, 15) is 9.59 Å². The first-order valence-electron chi connectivity index (χ1n) is 9.73. The Hall–Kier alpha value is -3.86. The normalized spacial score (nSPS) is 10.7. The molecule has 150 valence electrons. The van der Waals surface area contributed by atoms with Crippen LogP contribution in [0, 0.1) is 6.92 Å². The van der Waals surface area contributed by atoms with Crippen molar-refractivity contribution in [1.29, 1.82) is 0 Å². The Morgan fingerprint density at radius 2 is 1.50 bits per heavy atom. The molecule has 0 radical (unpaired) electrons. The van der Waals surface area contributed by atoms with E-state index in [1.807, 2.05) is 38.1 Å². The molecule has 1 heterocycles. The van der Waals surface area contributed by atoms with Crippen molar-refractivity contribution < 1.29 is 14.3 Å². The van der Waals surface area contributed by atoms with Crippen LogP contribution in [0.15, 0.2) is 83.8 Å². The SMILES string of the molecule is CCOc1ccc(OC(=O)c2cn(-c3ccc(C)cc3)c(=O)c3ccccc23)cc1. The largest absolute Gasteiger partial charge is 0.494 e. The molecule has 0 unspecified atom stereocenters. The van der Waals surface area contributed by atoms with Gasteiger partial charge in [-0.25, -0.2) is 4.79 Å². The zero-order valence-electron chi connectivity index (χ0n) is 16.8. The van der Waals surface area contributed by atoms with Crippen molar-refractivity contribution in [3.63, 3.8) is 0 Å². The highest BCUT2D eigenvalue weighted by Crippen LogP contribution is 2.22. The molecule has 0 N–H and O–H groups in total. The van der Waals surface area contributed by atoms with Crippen LogP contribution >= 0.6 is 0 Å². The summed E-state index contributed by atoms with van der Waals surface area (Å²) in [6.45, 7) is 4.44. The van der Waals surface area contributed by atoms with Crippen LogP contribution in [-0.2, 0) is 0 Å². The third-order valence-electron chi connectivity index (χ3n) is 4.80. The van der Waals surface area contributed by atoms with Gasteiger partial charge in [0.1, 0.15) is 11.5 Å². The number of aromatic nitrogens is 1. The van der Waals surface area contributed by atoms with Crippen molar-refractivity contribution in [3.8, 4) is 17.2 Å². The highest BCUT2D eigenvalue weighted by Gasteiger charge is 2.17. The van der Waals surface area contributed by atoms with E-state index in [1.54, 1.807) is 54.7 Å². The predicted molar refractivity (Wildman–Crippen MR) is 117 cm³/mol. The number of hydrogen-bond acceptors (Lipinski definition) is 4. The van der Waals surface area contributed by atoms with E-state index in [-0.39, 0.29) is 5.56 Å². The molecule has 0 bridgehead atoms. The predicted octanol–water partition coefficient (Wildman–Crippen LogP) is 4.92. The molecule has 30 heavy (non-hydrogen) atoms. The van der Waals surface area contributed by atoms with Crippen molar-refractivity contribution in [2.75, 3.05) is 6.61 Å². The van der Waals surface area contributed by atoms with Crippen LogP contribution in [-0.4, -0.2) is 17.1 Å². The molecular formula is C25H21NO4. The second-order valence-electron chi connectivity index (χ2n) is 6.89. The molecule has 5 nitrogen and oxygen atoms in total. The summed E-state index contributed by atoms with van der Waals surface area (Å²) >= 11 is 0. The van der Waals surface area contributed by atoms with Crippen molar-refractivity contribution >= 4 is 16.7 Å². The summed E-state index contributed by atoms with van der Waals surface area (Å²) in [4.78, 5) is 26.1. The zero-order valence-corrected chi connectivity index (χ0v) is 16.8. The molecule has 0 spiro atoms. The molecule has 0 amide bonds. The van der Waals surface area contributed by atoms with Crippen LogP contribution in [0.4, 0.5) is 0 Å². The lowest BCUT2D eigenvalue weighted by Gasteiger charge is -2.12. The molecule has 5 heteroatoms. The first-order chi connectivity index (χ1) is 14.6. The minimum Gasteiger partial charge on any atom is -0.494 e. The van der Waals surface area contributed by atoms with Crippen molar-refractivity contribution in [2.45, 2.75) is 13.8 Å². The van der Waals surface area contributed by atoms with Gasteiger partial charge >= 0.3 is 5.97 Å². The van der Waals surface area contributed by atoms with Gasteiger partial charge < -0.3 is 9.47 Å². The number of ether oxygens (including phenoxy) is 2. The molecule has 0 aliphatic rings. The van der Waals surface area contributed by atoms with Gasteiger partial charge in [0.2, 0.25) is 0 Å². The summed E-state index contributed by atoms with van der Waals surface area (Å²) in [5.74, 6) is 0.576. The third kappa shape index (κ3) is 3.82. The number of benzene rings is 3. The van der Waals surface area contributed by atoms with Gasteiger partial charge in [0.25, 0.3) is 5.56 Å². The fourth-order valence-electron chi connectivity index (χ4n) is 3.28. The van der Waals surface area contributed by atoms with E-state index in [2.05, 4.69) is 0 Å². The maximum atomic E-state index is 13.0. The Morgan fingerprint density at radius 3 is 2.17 bits per heavy atom. The second kappa shape index (κ2) is 8.25. The summed E-state index contributed by atoms with van der Waals surface area (Å²) in [6.07, 6.45) is 1.55. The lowest BCUT2D eigenvalue weighted by Crippen LogP contribution is -2.22. The highest BCUT2D eigenvalue weighted by atomic mass is 16.5. The second-order valence-corrected chi connectivity index (χ2v) is 6.89. The number of carbonyl (C=O) groups is 1. The molecule has 4 rings (SSSR count). The van der Waals surface area contributed by atoms with Crippen LogP contribution < -0.4 is 15.0 Å². The van der Waals surface area contributed by atoms with E-state index in [0.29, 0.717) is 40.1 Å². The summed E-state index contributed by atoms with van der Waals surface area (Å²) in [5.41, 5.74) is 1.90. The molecule has 0 atom stereocenters. The summed E-state index contributed by atoms with van der Waals surface area (Å²) in [7, 11) is 0. The Bertz CT molecular complexity index is 1260. The van der Waals surface area contributed by atoms with Gasteiger partial charge in [-0.3, -0.25) is 9.36 Å². The molecule has 0 saturated heterocycles. The maximum absolute atomic E-state index is 13.0. The van der Waals surface area contributed by atoms with Gasteiger partial charge in [-0.05, 0) is 56.3 Å². The molecule has 0 aliphatic carbocycles. The fraction of sp³-hybridized carbons (Fsp3) is 0.120. The van der Waals surface area contributed by atoms with Gasteiger partial charge in [-0.1, -0.05) is 35.9 Å². The molecule has 0 fully saturated rings. The highest BCUT2D eigenvalue weighted by molar-refractivity contribution is 6.04. The van der Waals surface area contributed by atoms with Crippen LogP contribution in [0.5, 0.6) is 11.5 Å². The summed E-state index contributed by atoms with van der Waals surface area (Å²) in [5, 5.41) is 1.01. The number of rotatable bonds is 5. The standard InChI is InChI=1S/C25H21NO4/c1-3-29-19-12-14-20(15-13-19)30-25(28)23-16-26(18-10-8-17(2)9-11-18)24(27)22-7-5-4-6-21(22)23/h4-16H,3H2,1-2H3. The smallest absolute Gasteiger partial charge is 0.345 e. The monoisotopic (exact) mass is 399 g/mol. The lowest BCUT2D eigenvalue weighted by atomic mass is 10.1. The topological polar surface area (TPSA) is 57.5 Å². The van der Waals surface area contributed by atoms with Gasteiger partial charge in [0.15, 0.2) is 0 Å². The van der Waals surface area contributed by atoms with E-state index in [1.165, 1.54) is 4.57 Å². The number of nitrogens with zero attached hydrogens (tertiary/aromatic N) is 1. The quantitative estimate of drug-likeness (QED) is 0.353. The van der Waals surface area contributed by atoms with Crippen LogP contribution in [0.3, 0.4) is 0 Å². The summed E-state index contributed by atoms with van der Waals surface area (Å²) < 4.78 is 12.5. The minimum atomic E-state index is -0.531. The van der Waals surface area contributed by atoms with E-state index in [4.69, 9.17) is 9.47 Å². The Morgan fingerprint density at radius 1 is 0.867 bits per heavy atom. The van der Waals surface area contributed by atoms with Gasteiger partial charge in [-0.15, -0.1) is 0 Å². The number of aryl methyl sites for hydroxylation is 1. The van der Waals surface area contributed by atoms with Crippen LogP contribution in [0.2, 0.25) is 0 Å². The van der Waals surface area contributed by atoms with Crippen LogP contribution in [0.25, 0.3) is 16.5 Å². The van der Waals surface area contributed by atoms with Crippen molar-refractivity contribution in [2.24, 2.45) is 0 Å². The summed E-state index contributed by atoms with van der Waals surface area (Å²) in [6, 6.07) is 21.5. The van der Waals surface area contributed by atoms with Crippen LogP contribution in [0.1, 0.15) is 22.8 Å².